The lowest BCUT2D eigenvalue weighted by molar-refractivity contribution is 0.308. The largest absolute Gasteiger partial charge is 0.496 e. The van der Waals surface area contributed by atoms with Gasteiger partial charge in [0.25, 0.3) is 0 Å². The Morgan fingerprint density at radius 2 is 1.72 bits per heavy atom. The Kier molecular flexibility index (Phi) is 7.31. The van der Waals surface area contributed by atoms with Crippen LogP contribution in [-0.4, -0.2) is 38.7 Å². The zero-order valence-corrected chi connectivity index (χ0v) is 16.1. The Morgan fingerprint density at radius 1 is 1.08 bits per heavy atom. The molecule has 2 atom stereocenters. The van der Waals surface area contributed by atoms with Crippen LogP contribution in [0.25, 0.3) is 0 Å². The summed E-state index contributed by atoms with van der Waals surface area (Å²) in [5.41, 5.74) is 3.64. The summed E-state index contributed by atoms with van der Waals surface area (Å²) in [5.74, 6) is 2.49. The summed E-state index contributed by atoms with van der Waals surface area (Å²) in [6.07, 6.45) is 6.59. The summed E-state index contributed by atoms with van der Waals surface area (Å²) in [4.78, 5) is 0. The fourth-order valence-corrected chi connectivity index (χ4v) is 3.25. The molecule has 0 amide bonds. The molecule has 7 heteroatoms. The first-order chi connectivity index (χ1) is 12.1. The molecule has 1 aromatic carbocycles. The highest BCUT2D eigenvalue weighted by Gasteiger charge is 2.21. The molecule has 138 valence electrons. The zero-order chi connectivity index (χ0) is 18.2. The maximum Gasteiger partial charge on any atom is 0.187 e. The third kappa shape index (κ3) is 5.22. The molecule has 0 saturated heterocycles. The van der Waals surface area contributed by atoms with Gasteiger partial charge >= 0.3 is 0 Å². The second-order valence-electron chi connectivity index (χ2n) is 6.16. The number of hydrogen-bond acceptors (Lipinski definition) is 5. The van der Waals surface area contributed by atoms with E-state index < -0.39 is 0 Å². The molecule has 2 rings (SSSR count). The number of hydrazone groups is 1. The van der Waals surface area contributed by atoms with Gasteiger partial charge in [0.15, 0.2) is 16.6 Å². The summed E-state index contributed by atoms with van der Waals surface area (Å²) in [6.45, 7) is 2.26. The van der Waals surface area contributed by atoms with Gasteiger partial charge in [-0.1, -0.05) is 19.8 Å². The Balaban J connectivity index is 1.99. The summed E-state index contributed by atoms with van der Waals surface area (Å²) in [6, 6.07) is 3.99. The molecule has 0 aliphatic heterocycles. The summed E-state index contributed by atoms with van der Waals surface area (Å²) >= 11 is 5.34. The number of thiocarbonyl (C=S) groups is 1. The average Bonchev–Trinajstić information content (AvgIpc) is 2.63. The van der Waals surface area contributed by atoms with E-state index in [4.69, 9.17) is 26.4 Å². The molecule has 1 saturated carbocycles. The molecular formula is C18H27N3O3S. The number of nitrogens with zero attached hydrogens (tertiary/aromatic N) is 1. The van der Waals surface area contributed by atoms with Crippen molar-refractivity contribution in [3.8, 4) is 17.2 Å². The number of benzene rings is 1. The predicted octanol–water partition coefficient (Wildman–Crippen LogP) is 3.09. The number of nitrogens with one attached hydrogen (secondary N) is 2. The highest BCUT2D eigenvalue weighted by atomic mass is 32.1. The fourth-order valence-electron chi connectivity index (χ4n) is 3.05. The summed E-state index contributed by atoms with van der Waals surface area (Å²) in [7, 11) is 4.78. The van der Waals surface area contributed by atoms with Crippen LogP contribution in [0.1, 0.15) is 38.2 Å². The topological polar surface area (TPSA) is 64.1 Å². The summed E-state index contributed by atoms with van der Waals surface area (Å²) in [5, 5.41) is 8.11. The van der Waals surface area contributed by atoms with Crippen molar-refractivity contribution in [1.29, 1.82) is 0 Å². The van der Waals surface area contributed by atoms with Crippen LogP contribution in [0.2, 0.25) is 0 Å². The lowest BCUT2D eigenvalue weighted by Gasteiger charge is -2.30. The quantitative estimate of drug-likeness (QED) is 0.459. The lowest BCUT2D eigenvalue weighted by Crippen LogP contribution is -2.44. The van der Waals surface area contributed by atoms with Crippen molar-refractivity contribution in [1.82, 2.24) is 10.7 Å². The van der Waals surface area contributed by atoms with E-state index >= 15 is 0 Å². The van der Waals surface area contributed by atoms with Gasteiger partial charge in [0.05, 0.1) is 27.5 Å². The van der Waals surface area contributed by atoms with Crippen LogP contribution in [0.4, 0.5) is 0 Å². The van der Waals surface area contributed by atoms with Gasteiger partial charge in [0, 0.05) is 17.7 Å². The highest BCUT2D eigenvalue weighted by molar-refractivity contribution is 7.80. The molecule has 1 aromatic rings. The second-order valence-corrected chi connectivity index (χ2v) is 6.57. The van der Waals surface area contributed by atoms with Gasteiger partial charge in [-0.2, -0.15) is 5.10 Å². The lowest BCUT2D eigenvalue weighted by atomic mass is 9.86. The second kappa shape index (κ2) is 9.46. The van der Waals surface area contributed by atoms with E-state index in [9.17, 15) is 0 Å². The van der Waals surface area contributed by atoms with E-state index in [2.05, 4.69) is 22.8 Å². The van der Waals surface area contributed by atoms with Crippen LogP contribution in [0.5, 0.6) is 17.2 Å². The van der Waals surface area contributed by atoms with Gasteiger partial charge in [-0.3, -0.25) is 5.43 Å². The number of methoxy groups -OCH3 is 3. The van der Waals surface area contributed by atoms with Crippen LogP contribution in [-0.2, 0) is 0 Å². The Hall–Kier alpha value is -2.02. The van der Waals surface area contributed by atoms with Gasteiger partial charge in [-0.25, -0.2) is 0 Å². The molecule has 0 heterocycles. The van der Waals surface area contributed by atoms with E-state index in [1.54, 1.807) is 33.6 Å². The zero-order valence-electron chi connectivity index (χ0n) is 15.3. The summed E-state index contributed by atoms with van der Waals surface area (Å²) < 4.78 is 16.0. The maximum absolute atomic E-state index is 5.38. The maximum atomic E-state index is 5.38. The van der Waals surface area contributed by atoms with Gasteiger partial charge in [0.2, 0.25) is 0 Å². The van der Waals surface area contributed by atoms with Crippen molar-refractivity contribution in [2.24, 2.45) is 11.0 Å². The molecule has 6 nitrogen and oxygen atoms in total. The van der Waals surface area contributed by atoms with E-state index in [0.29, 0.717) is 34.3 Å². The average molecular weight is 365 g/mol. The minimum atomic E-state index is 0.416. The Labute approximate surface area is 154 Å². The smallest absolute Gasteiger partial charge is 0.187 e. The van der Waals surface area contributed by atoms with Crippen molar-refractivity contribution in [2.75, 3.05) is 21.3 Å². The first kappa shape index (κ1) is 19.3. The molecule has 0 aromatic heterocycles. The molecule has 0 radical (unpaired) electrons. The van der Waals surface area contributed by atoms with Crippen molar-refractivity contribution in [3.05, 3.63) is 17.7 Å². The van der Waals surface area contributed by atoms with Gasteiger partial charge in [0.1, 0.15) is 5.75 Å². The van der Waals surface area contributed by atoms with Crippen LogP contribution in [0.15, 0.2) is 17.2 Å². The minimum absolute atomic E-state index is 0.416. The molecule has 0 unspecified atom stereocenters. The van der Waals surface area contributed by atoms with Crippen molar-refractivity contribution in [2.45, 2.75) is 38.6 Å². The van der Waals surface area contributed by atoms with Gasteiger partial charge < -0.3 is 19.5 Å². The monoisotopic (exact) mass is 365 g/mol. The number of rotatable bonds is 6. The van der Waals surface area contributed by atoms with Crippen LogP contribution in [0.3, 0.4) is 0 Å². The van der Waals surface area contributed by atoms with Crippen molar-refractivity contribution < 1.29 is 14.2 Å². The first-order valence-electron chi connectivity index (χ1n) is 8.48. The SMILES string of the molecule is COc1cc(OC)c(OC)cc1/C=N\NC(=S)N[C@@H]1CCCC[C@H]1C. The molecule has 1 aliphatic carbocycles. The van der Waals surface area contributed by atoms with E-state index in [1.165, 1.54) is 19.3 Å². The van der Waals surface area contributed by atoms with E-state index in [-0.39, 0.29) is 0 Å². The van der Waals surface area contributed by atoms with Crippen molar-refractivity contribution >= 4 is 23.5 Å². The molecule has 2 N–H and O–H groups in total. The highest BCUT2D eigenvalue weighted by Crippen LogP contribution is 2.33. The van der Waals surface area contributed by atoms with E-state index in [0.717, 1.165) is 12.0 Å². The normalized spacial score (nSPS) is 20.2. The fraction of sp³-hybridized carbons (Fsp3) is 0.556. The molecule has 0 spiro atoms. The van der Waals surface area contributed by atoms with Gasteiger partial charge in [-0.05, 0) is 37.0 Å². The predicted molar refractivity (Wildman–Crippen MR) is 104 cm³/mol. The van der Waals surface area contributed by atoms with Crippen LogP contribution >= 0.6 is 12.2 Å². The van der Waals surface area contributed by atoms with E-state index in [1.807, 2.05) is 6.07 Å². The first-order valence-corrected chi connectivity index (χ1v) is 8.89. The molecule has 0 bridgehead atoms. The molecular weight excluding hydrogens is 338 g/mol. The molecule has 25 heavy (non-hydrogen) atoms. The molecule has 1 aliphatic rings. The number of ether oxygens (including phenoxy) is 3. The van der Waals surface area contributed by atoms with Crippen LogP contribution < -0.4 is 25.0 Å². The third-order valence-electron chi connectivity index (χ3n) is 4.53. The van der Waals surface area contributed by atoms with Gasteiger partial charge in [-0.15, -0.1) is 0 Å². The van der Waals surface area contributed by atoms with Crippen LogP contribution in [0, 0.1) is 5.92 Å². The Morgan fingerprint density at radius 3 is 2.36 bits per heavy atom. The molecule has 1 fully saturated rings. The Bertz CT molecular complexity index is 622. The third-order valence-corrected chi connectivity index (χ3v) is 4.74. The number of hydrogen-bond donors (Lipinski definition) is 2. The standard InChI is InChI=1S/C18H27N3O3S/c1-12-7-5-6-8-14(12)20-18(25)21-19-11-13-9-16(23-3)17(24-4)10-15(13)22-2/h9-12,14H,5-8H2,1-4H3,(H2,20,21,25)/b19-11-/t12-,14-/m1/s1. The van der Waals surface area contributed by atoms with Crippen molar-refractivity contribution in [3.63, 3.8) is 0 Å². The minimum Gasteiger partial charge on any atom is -0.496 e.